The van der Waals surface area contributed by atoms with Crippen molar-refractivity contribution in [3.05, 3.63) is 60.2 Å². The molecule has 1 aliphatic heterocycles. The van der Waals surface area contributed by atoms with E-state index in [9.17, 15) is 0 Å². The molecule has 2 aromatic rings. The molecule has 30 heavy (non-hydrogen) atoms. The fourth-order valence-corrected chi connectivity index (χ4v) is 3.66. The molecule has 1 aliphatic rings. The van der Waals surface area contributed by atoms with Crippen LogP contribution in [0.5, 0.6) is 0 Å². The number of nitrogens with one attached hydrogen (secondary N) is 2. The summed E-state index contributed by atoms with van der Waals surface area (Å²) in [5.41, 5.74) is 1.37. The van der Waals surface area contributed by atoms with E-state index in [1.54, 1.807) is 0 Å². The molecular formula is C22H34IN7. The van der Waals surface area contributed by atoms with Gasteiger partial charge in [0.05, 0.1) is 0 Å². The summed E-state index contributed by atoms with van der Waals surface area (Å²) in [6, 6.07) is 11.6. The van der Waals surface area contributed by atoms with Gasteiger partial charge in [0.15, 0.2) is 11.8 Å². The summed E-state index contributed by atoms with van der Waals surface area (Å²) in [5.74, 6) is 2.55. The van der Waals surface area contributed by atoms with E-state index in [0.29, 0.717) is 25.2 Å². The summed E-state index contributed by atoms with van der Waals surface area (Å²) in [6.07, 6.45) is 4.02. The molecule has 0 bridgehead atoms. The van der Waals surface area contributed by atoms with Gasteiger partial charge in [-0.15, -0.1) is 40.8 Å². The Morgan fingerprint density at radius 3 is 2.70 bits per heavy atom. The van der Waals surface area contributed by atoms with Crippen LogP contribution in [0.25, 0.3) is 0 Å². The normalized spacial score (nSPS) is 19.8. The van der Waals surface area contributed by atoms with Gasteiger partial charge >= 0.3 is 0 Å². The predicted molar refractivity (Wildman–Crippen MR) is 133 cm³/mol. The minimum absolute atomic E-state index is 0. The summed E-state index contributed by atoms with van der Waals surface area (Å²) in [5, 5.41) is 15.2. The first-order valence-electron chi connectivity index (χ1n) is 10.4. The largest absolute Gasteiger partial charge is 0.354 e. The van der Waals surface area contributed by atoms with Gasteiger partial charge in [-0.25, -0.2) is 4.99 Å². The zero-order valence-electron chi connectivity index (χ0n) is 18.2. The number of hydrogen-bond acceptors (Lipinski definition) is 4. The van der Waals surface area contributed by atoms with E-state index in [-0.39, 0.29) is 24.0 Å². The minimum Gasteiger partial charge on any atom is -0.354 e. The molecule has 0 saturated carbocycles. The Morgan fingerprint density at radius 2 is 2.07 bits per heavy atom. The van der Waals surface area contributed by atoms with Gasteiger partial charge in [-0.3, -0.25) is 4.90 Å². The summed E-state index contributed by atoms with van der Waals surface area (Å²) in [4.78, 5) is 7.28. The van der Waals surface area contributed by atoms with Crippen molar-refractivity contribution in [3.8, 4) is 0 Å². The van der Waals surface area contributed by atoms with Gasteiger partial charge in [0.2, 0.25) is 0 Å². The van der Waals surface area contributed by atoms with E-state index >= 15 is 0 Å². The molecule has 164 valence electrons. The lowest BCUT2D eigenvalue weighted by Gasteiger charge is -2.38. The van der Waals surface area contributed by atoms with E-state index in [1.165, 1.54) is 5.56 Å². The van der Waals surface area contributed by atoms with E-state index in [4.69, 9.17) is 4.99 Å². The minimum atomic E-state index is 0. The van der Waals surface area contributed by atoms with Crippen LogP contribution in [-0.2, 0) is 20.1 Å². The molecule has 1 fully saturated rings. The third kappa shape index (κ3) is 6.80. The number of halogens is 1. The van der Waals surface area contributed by atoms with Crippen molar-refractivity contribution < 1.29 is 0 Å². The number of hydrogen-bond donors (Lipinski definition) is 2. The highest BCUT2D eigenvalue weighted by molar-refractivity contribution is 14.0. The second kappa shape index (κ2) is 12.0. The lowest BCUT2D eigenvalue weighted by Crippen LogP contribution is -2.51. The third-order valence-corrected chi connectivity index (χ3v) is 5.56. The topological polar surface area (TPSA) is 70.4 Å². The maximum atomic E-state index is 4.72. The van der Waals surface area contributed by atoms with Crippen LogP contribution in [0.2, 0.25) is 0 Å². The highest BCUT2D eigenvalue weighted by Gasteiger charge is 2.26. The zero-order chi connectivity index (χ0) is 20.6. The molecule has 0 aliphatic carbocycles. The molecule has 1 aromatic carbocycles. The van der Waals surface area contributed by atoms with E-state index in [2.05, 4.69) is 69.6 Å². The molecule has 3 rings (SSSR count). The maximum Gasteiger partial charge on any atom is 0.192 e. The van der Waals surface area contributed by atoms with Crippen LogP contribution in [0.4, 0.5) is 0 Å². The van der Waals surface area contributed by atoms with Gasteiger partial charge in [0.25, 0.3) is 0 Å². The first kappa shape index (κ1) is 24.3. The Morgan fingerprint density at radius 1 is 1.30 bits per heavy atom. The fraction of sp³-hybridized carbons (Fsp3) is 0.500. The molecule has 2 unspecified atom stereocenters. The van der Waals surface area contributed by atoms with Gasteiger partial charge in [-0.2, -0.15) is 0 Å². The average molecular weight is 523 g/mol. The monoisotopic (exact) mass is 523 g/mol. The summed E-state index contributed by atoms with van der Waals surface area (Å²) in [7, 11) is 1.97. The molecule has 2 atom stereocenters. The lowest BCUT2D eigenvalue weighted by molar-refractivity contribution is 0.134. The van der Waals surface area contributed by atoms with Gasteiger partial charge in [-0.05, 0) is 32.3 Å². The van der Waals surface area contributed by atoms with Crippen molar-refractivity contribution >= 4 is 29.9 Å². The van der Waals surface area contributed by atoms with E-state index in [1.807, 2.05) is 24.6 Å². The van der Waals surface area contributed by atoms with E-state index in [0.717, 1.165) is 43.5 Å². The Balaban J connectivity index is 0.00000320. The Labute approximate surface area is 197 Å². The second-order valence-electron chi connectivity index (χ2n) is 7.73. The van der Waals surface area contributed by atoms with Crippen molar-refractivity contribution in [2.75, 3.05) is 13.1 Å². The van der Waals surface area contributed by atoms with Crippen LogP contribution in [0.3, 0.4) is 0 Å². The number of guanidine groups is 1. The van der Waals surface area contributed by atoms with Crippen molar-refractivity contribution in [1.29, 1.82) is 0 Å². The molecular weight excluding hydrogens is 489 g/mol. The summed E-state index contributed by atoms with van der Waals surface area (Å²) in [6.45, 7) is 11.3. The van der Waals surface area contributed by atoms with Crippen LogP contribution in [0, 0.1) is 6.92 Å². The first-order chi connectivity index (χ1) is 14.1. The van der Waals surface area contributed by atoms with Crippen LogP contribution in [0.15, 0.2) is 48.0 Å². The molecule has 0 radical (unpaired) electrons. The summed E-state index contributed by atoms with van der Waals surface area (Å²) < 4.78 is 1.97. The van der Waals surface area contributed by atoms with Crippen LogP contribution in [0.1, 0.15) is 37.0 Å². The van der Waals surface area contributed by atoms with E-state index < -0.39 is 0 Å². The van der Waals surface area contributed by atoms with Gasteiger partial charge in [0.1, 0.15) is 12.4 Å². The molecule has 8 heteroatoms. The highest BCUT2D eigenvalue weighted by atomic mass is 127. The van der Waals surface area contributed by atoms with Gasteiger partial charge in [-0.1, -0.05) is 36.4 Å². The standard InChI is InChI=1S/C22H33N7.HI/c1-5-12-23-22(24-15-21-27-26-18(3)28(21)4)25-20-11-13-29(17(2)14-20)16-19-9-7-6-8-10-19;/h5-10,17,20H,1,11-16H2,2-4H3,(H2,23,24,25);1H. The second-order valence-corrected chi connectivity index (χ2v) is 7.73. The third-order valence-electron chi connectivity index (χ3n) is 5.56. The number of aryl methyl sites for hydroxylation is 1. The average Bonchev–Trinajstić information content (AvgIpc) is 3.05. The van der Waals surface area contributed by atoms with Crippen molar-refractivity contribution in [1.82, 2.24) is 30.3 Å². The fourth-order valence-electron chi connectivity index (χ4n) is 3.66. The van der Waals surface area contributed by atoms with Gasteiger partial charge < -0.3 is 15.2 Å². The smallest absolute Gasteiger partial charge is 0.192 e. The predicted octanol–water partition coefficient (Wildman–Crippen LogP) is 3.02. The molecule has 7 nitrogen and oxygen atoms in total. The van der Waals surface area contributed by atoms with Crippen LogP contribution >= 0.6 is 24.0 Å². The Bertz CT molecular complexity index is 818. The van der Waals surface area contributed by atoms with Crippen LogP contribution < -0.4 is 10.6 Å². The quantitative estimate of drug-likeness (QED) is 0.253. The summed E-state index contributed by atoms with van der Waals surface area (Å²) >= 11 is 0. The molecule has 2 N–H and O–H groups in total. The number of benzene rings is 1. The number of nitrogens with zero attached hydrogens (tertiary/aromatic N) is 5. The van der Waals surface area contributed by atoms with Crippen molar-refractivity contribution in [2.45, 2.75) is 51.9 Å². The molecule has 1 saturated heterocycles. The Kier molecular flexibility index (Phi) is 9.77. The zero-order valence-corrected chi connectivity index (χ0v) is 20.5. The SMILES string of the molecule is C=CCNC(=NCc1nnc(C)n1C)NC1CCN(Cc2ccccc2)C(C)C1.I. The molecule has 2 heterocycles. The van der Waals surface area contributed by atoms with Crippen molar-refractivity contribution in [2.24, 2.45) is 12.0 Å². The number of aliphatic imine (C=N–C) groups is 1. The van der Waals surface area contributed by atoms with Gasteiger partial charge in [0, 0.05) is 38.8 Å². The number of aromatic nitrogens is 3. The molecule has 0 spiro atoms. The molecule has 1 aromatic heterocycles. The highest BCUT2D eigenvalue weighted by Crippen LogP contribution is 2.20. The maximum absolute atomic E-state index is 4.72. The lowest BCUT2D eigenvalue weighted by atomic mass is 9.97. The molecule has 0 amide bonds. The first-order valence-corrected chi connectivity index (χ1v) is 10.4. The number of rotatable bonds is 7. The van der Waals surface area contributed by atoms with Crippen molar-refractivity contribution in [3.63, 3.8) is 0 Å². The number of likely N-dealkylation sites (tertiary alicyclic amines) is 1. The van der Waals surface area contributed by atoms with Crippen LogP contribution in [-0.4, -0.2) is 50.8 Å². The Hall–Kier alpha value is -1.94. The number of piperidine rings is 1.